The van der Waals surface area contributed by atoms with Crippen molar-refractivity contribution in [3.05, 3.63) is 65.0 Å². The molecule has 1 fully saturated rings. The number of aromatic amines is 1. The molecule has 1 aromatic heterocycles. The Bertz CT molecular complexity index is 690. The number of carbonyl (C=O) groups is 1. The fraction of sp³-hybridized carbons (Fsp3) is 0.316. The van der Waals surface area contributed by atoms with Gasteiger partial charge in [-0.1, -0.05) is 54.1 Å². The Morgan fingerprint density at radius 1 is 1.38 bits per heavy atom. The summed E-state index contributed by atoms with van der Waals surface area (Å²) in [5.74, 6) is -0.0601. The van der Waals surface area contributed by atoms with E-state index < -0.39 is 0 Å². The normalized spacial score (nSPS) is 17.5. The van der Waals surface area contributed by atoms with Gasteiger partial charge in [-0.25, -0.2) is 0 Å². The van der Waals surface area contributed by atoms with Crippen molar-refractivity contribution in [3.8, 4) is 0 Å². The van der Waals surface area contributed by atoms with Crippen LogP contribution in [-0.2, 0) is 4.74 Å². The van der Waals surface area contributed by atoms with Crippen LogP contribution in [0, 0.1) is 0 Å². The van der Waals surface area contributed by atoms with E-state index >= 15 is 0 Å². The predicted molar refractivity (Wildman–Crippen MR) is 96.2 cm³/mol. The van der Waals surface area contributed by atoms with Gasteiger partial charge in [-0.2, -0.15) is 0 Å². The molecule has 1 amide bonds. The van der Waals surface area contributed by atoms with Crippen molar-refractivity contribution in [1.29, 1.82) is 0 Å². The van der Waals surface area contributed by atoms with E-state index in [2.05, 4.69) is 4.98 Å². The van der Waals surface area contributed by atoms with E-state index in [0.717, 1.165) is 25.0 Å². The van der Waals surface area contributed by atoms with Crippen LogP contribution in [0.25, 0.3) is 6.08 Å². The van der Waals surface area contributed by atoms with Crippen LogP contribution in [0.3, 0.4) is 0 Å². The number of aromatic nitrogens is 1. The molecule has 1 aliphatic rings. The van der Waals surface area contributed by atoms with Gasteiger partial charge in [0, 0.05) is 25.9 Å². The third-order valence-electron chi connectivity index (χ3n) is 4.05. The first-order valence-corrected chi connectivity index (χ1v) is 8.56. The fourth-order valence-corrected chi connectivity index (χ4v) is 2.98. The number of amides is 1. The first kappa shape index (κ1) is 16.8. The minimum atomic E-state index is -0.0601. The average molecular weight is 345 g/mol. The Hall–Kier alpha value is -2.04. The monoisotopic (exact) mass is 344 g/mol. The lowest BCUT2D eigenvalue weighted by Crippen LogP contribution is -2.37. The summed E-state index contributed by atoms with van der Waals surface area (Å²) in [6.07, 6.45) is 7.83. The highest BCUT2D eigenvalue weighted by molar-refractivity contribution is 6.30. The molecule has 0 unspecified atom stereocenters. The lowest BCUT2D eigenvalue weighted by atomic mass is 10.2. The van der Waals surface area contributed by atoms with Gasteiger partial charge in [0.15, 0.2) is 0 Å². The minimum absolute atomic E-state index is 0.0601. The van der Waals surface area contributed by atoms with Gasteiger partial charge in [0.1, 0.15) is 5.69 Å². The fourth-order valence-electron chi connectivity index (χ4n) is 2.82. The predicted octanol–water partition coefficient (Wildman–Crippen LogP) is 4.00. The quantitative estimate of drug-likeness (QED) is 0.860. The van der Waals surface area contributed by atoms with Crippen LogP contribution in [0.1, 0.15) is 28.9 Å². The number of carbonyl (C=O) groups excluding carboxylic acids is 1. The third kappa shape index (κ3) is 4.49. The maximum atomic E-state index is 12.7. The standard InChI is InChI=1S/C19H21ClN2O2/c20-16-12-18(21-13-16)19(23)22(14-17-9-5-11-24-17)10-4-8-15-6-2-1-3-7-15/h1-4,6-8,12-13,17,21H,5,9-11,14H2/b8-4+/t17-/m0/s1. The molecule has 5 heteroatoms. The van der Waals surface area contributed by atoms with Crippen LogP contribution < -0.4 is 0 Å². The number of H-pyrrole nitrogens is 1. The second-order valence-electron chi connectivity index (χ2n) is 5.89. The Morgan fingerprint density at radius 3 is 2.88 bits per heavy atom. The molecule has 3 rings (SSSR count). The topological polar surface area (TPSA) is 45.3 Å². The molecule has 2 aromatic rings. The molecule has 1 aromatic carbocycles. The van der Waals surface area contributed by atoms with E-state index in [-0.39, 0.29) is 12.0 Å². The Balaban J connectivity index is 1.69. The van der Waals surface area contributed by atoms with Gasteiger partial charge in [0.2, 0.25) is 0 Å². The van der Waals surface area contributed by atoms with Crippen LogP contribution in [0.15, 0.2) is 48.7 Å². The van der Waals surface area contributed by atoms with Crippen LogP contribution in [0.4, 0.5) is 0 Å². The van der Waals surface area contributed by atoms with E-state index in [1.807, 2.05) is 42.5 Å². The first-order valence-electron chi connectivity index (χ1n) is 8.19. The third-order valence-corrected chi connectivity index (χ3v) is 4.27. The molecular weight excluding hydrogens is 324 g/mol. The summed E-state index contributed by atoms with van der Waals surface area (Å²) in [5.41, 5.74) is 1.62. The molecule has 1 aliphatic heterocycles. The summed E-state index contributed by atoms with van der Waals surface area (Å²) in [7, 11) is 0. The molecular formula is C19H21ClN2O2. The molecule has 0 saturated carbocycles. The van der Waals surface area contributed by atoms with Gasteiger partial charge in [-0.15, -0.1) is 0 Å². The molecule has 2 heterocycles. The van der Waals surface area contributed by atoms with Crippen molar-refractivity contribution in [2.24, 2.45) is 0 Å². The molecule has 4 nitrogen and oxygen atoms in total. The number of nitrogens with zero attached hydrogens (tertiary/aromatic N) is 1. The zero-order valence-corrected chi connectivity index (χ0v) is 14.2. The smallest absolute Gasteiger partial charge is 0.270 e. The highest BCUT2D eigenvalue weighted by atomic mass is 35.5. The van der Waals surface area contributed by atoms with Crippen molar-refractivity contribution < 1.29 is 9.53 Å². The summed E-state index contributed by atoms with van der Waals surface area (Å²) in [6.45, 7) is 1.90. The zero-order chi connectivity index (χ0) is 16.8. The number of hydrogen-bond acceptors (Lipinski definition) is 2. The summed E-state index contributed by atoms with van der Waals surface area (Å²) in [6, 6.07) is 11.7. The summed E-state index contributed by atoms with van der Waals surface area (Å²) >= 11 is 5.92. The molecule has 0 spiro atoms. The zero-order valence-electron chi connectivity index (χ0n) is 13.5. The maximum absolute atomic E-state index is 12.7. The summed E-state index contributed by atoms with van der Waals surface area (Å²) in [5, 5.41) is 0.537. The minimum Gasteiger partial charge on any atom is -0.376 e. The van der Waals surface area contributed by atoms with Gasteiger partial charge >= 0.3 is 0 Å². The largest absolute Gasteiger partial charge is 0.376 e. The van der Waals surface area contributed by atoms with Crippen molar-refractivity contribution in [2.75, 3.05) is 19.7 Å². The second kappa shape index (κ2) is 8.18. The first-order chi connectivity index (χ1) is 11.7. The maximum Gasteiger partial charge on any atom is 0.270 e. The number of ether oxygens (including phenoxy) is 1. The summed E-state index contributed by atoms with van der Waals surface area (Å²) in [4.78, 5) is 17.5. The van der Waals surface area contributed by atoms with Gasteiger partial charge in [-0.3, -0.25) is 4.79 Å². The molecule has 0 radical (unpaired) electrons. The van der Waals surface area contributed by atoms with Crippen LogP contribution in [0.2, 0.25) is 5.02 Å². The number of nitrogens with one attached hydrogen (secondary N) is 1. The Morgan fingerprint density at radius 2 is 2.21 bits per heavy atom. The molecule has 126 valence electrons. The van der Waals surface area contributed by atoms with Crippen molar-refractivity contribution in [2.45, 2.75) is 18.9 Å². The Kier molecular flexibility index (Phi) is 5.72. The molecule has 1 saturated heterocycles. The van der Waals surface area contributed by atoms with Crippen LogP contribution in [-0.4, -0.2) is 41.6 Å². The summed E-state index contributed by atoms with van der Waals surface area (Å²) < 4.78 is 5.69. The highest BCUT2D eigenvalue weighted by Crippen LogP contribution is 2.17. The van der Waals surface area contributed by atoms with Crippen LogP contribution >= 0.6 is 11.6 Å². The van der Waals surface area contributed by atoms with Crippen molar-refractivity contribution in [1.82, 2.24) is 9.88 Å². The molecule has 1 N–H and O–H groups in total. The second-order valence-corrected chi connectivity index (χ2v) is 6.33. The van der Waals surface area contributed by atoms with Gasteiger partial charge < -0.3 is 14.6 Å². The SMILES string of the molecule is O=C(c1cc(Cl)c[nH]1)N(C/C=C/c1ccccc1)C[C@@H]1CCCO1. The molecule has 1 atom stereocenters. The number of hydrogen-bond donors (Lipinski definition) is 1. The van der Waals surface area contributed by atoms with Gasteiger partial charge in [0.25, 0.3) is 5.91 Å². The van der Waals surface area contributed by atoms with E-state index in [4.69, 9.17) is 16.3 Å². The Labute approximate surface area is 147 Å². The lowest BCUT2D eigenvalue weighted by Gasteiger charge is -2.23. The van der Waals surface area contributed by atoms with Crippen molar-refractivity contribution in [3.63, 3.8) is 0 Å². The van der Waals surface area contributed by atoms with Crippen molar-refractivity contribution >= 4 is 23.6 Å². The van der Waals surface area contributed by atoms with Gasteiger partial charge in [-0.05, 0) is 24.5 Å². The molecule has 0 aliphatic carbocycles. The van der Waals surface area contributed by atoms with E-state index in [9.17, 15) is 4.79 Å². The number of benzene rings is 1. The van der Waals surface area contributed by atoms with Gasteiger partial charge in [0.05, 0.1) is 11.1 Å². The average Bonchev–Trinajstić information content (AvgIpc) is 3.26. The van der Waals surface area contributed by atoms with E-state index in [1.54, 1.807) is 17.2 Å². The molecule has 24 heavy (non-hydrogen) atoms. The number of rotatable bonds is 6. The van der Waals surface area contributed by atoms with E-state index in [1.165, 1.54) is 0 Å². The number of halogens is 1. The van der Waals surface area contributed by atoms with Crippen LogP contribution in [0.5, 0.6) is 0 Å². The van der Waals surface area contributed by atoms with E-state index in [0.29, 0.717) is 23.8 Å². The lowest BCUT2D eigenvalue weighted by molar-refractivity contribution is 0.0550. The molecule has 0 bridgehead atoms. The highest BCUT2D eigenvalue weighted by Gasteiger charge is 2.23.